The molecule has 3 aliphatic heterocycles. The molecule has 10 nitrogen and oxygen atoms in total. The summed E-state index contributed by atoms with van der Waals surface area (Å²) < 4.78 is 12.5. The third-order valence-corrected chi connectivity index (χ3v) is 10.7. The Morgan fingerprint density at radius 2 is 1.87 bits per heavy atom. The number of alkyl halides is 1. The molecule has 3 fully saturated rings. The quantitative estimate of drug-likeness (QED) is 0.138. The van der Waals surface area contributed by atoms with Crippen LogP contribution in [0.1, 0.15) is 87.5 Å². The van der Waals surface area contributed by atoms with Gasteiger partial charge in [-0.05, 0) is 51.4 Å². The molecule has 0 radical (unpaired) electrons. The van der Waals surface area contributed by atoms with Crippen LogP contribution in [-0.2, 0) is 28.7 Å². The second-order valence-corrected chi connectivity index (χ2v) is 16.4. The number of carbonyl (C=O) groups excluding carboxylic acids is 4. The summed E-state index contributed by atoms with van der Waals surface area (Å²) in [5.41, 5.74) is -2.00. The number of halogens is 1. The minimum Gasteiger partial charge on any atom is -0.460 e. The first kappa shape index (κ1) is 38.2. The number of carbonyl (C=O) groups is 4. The number of likely N-dealkylation sites (tertiary alicyclic amines) is 1. The molecule has 2 N–H and O–H groups in total. The molecule has 0 aromatic heterocycles. The van der Waals surface area contributed by atoms with Gasteiger partial charge in [-0.25, -0.2) is 0 Å². The van der Waals surface area contributed by atoms with Crippen LogP contribution in [0.25, 0.3) is 0 Å². The Balaban J connectivity index is 2.05. The molecule has 2 bridgehead atoms. The van der Waals surface area contributed by atoms with E-state index in [1.54, 1.807) is 24.0 Å². The van der Waals surface area contributed by atoms with Crippen LogP contribution in [0.2, 0.25) is 0 Å². The molecule has 0 saturated carbocycles. The van der Waals surface area contributed by atoms with Crippen LogP contribution >= 0.6 is 15.9 Å². The summed E-state index contributed by atoms with van der Waals surface area (Å²) in [4.78, 5) is 58.7. The van der Waals surface area contributed by atoms with Gasteiger partial charge in [0, 0.05) is 23.3 Å². The summed E-state index contributed by atoms with van der Waals surface area (Å²) in [6.45, 7) is 23.6. The van der Waals surface area contributed by atoms with Gasteiger partial charge in [0.1, 0.15) is 17.7 Å². The monoisotopic (exact) mass is 709 g/mol. The average Bonchev–Trinajstić information content (AvgIpc) is 3.55. The Hall–Kier alpha value is -2.24. The van der Waals surface area contributed by atoms with Gasteiger partial charge >= 0.3 is 5.97 Å². The van der Waals surface area contributed by atoms with E-state index < -0.39 is 53.2 Å². The minimum absolute atomic E-state index is 0.0977. The third-order valence-electron chi connectivity index (χ3n) is 9.83. The van der Waals surface area contributed by atoms with Crippen LogP contribution in [0.15, 0.2) is 25.3 Å². The van der Waals surface area contributed by atoms with E-state index in [-0.39, 0.29) is 60.0 Å². The molecular formula is C35H56BrN3O7. The van der Waals surface area contributed by atoms with Gasteiger partial charge in [-0.3, -0.25) is 19.2 Å². The standard InChI is InChI=1S/C35H56BrN3O7/c1-11-14-15-25(41)37-18-22(5)45-32(44)26-27-30(42)39(24(19-40)21(4)13-3)29(35(27)17-23(36)28(26)46-35)31(43)38(16-12-2)34(9,10)20-33(6,7)8/h11-12,21-24,26-29,40H,1-2,13-20H2,3-10H3,(H,37,41)/t21-,22-,23?,24-,26-,27+,28-,29-,35+/m0/s1. The number of fused-ring (bicyclic) bond motifs is 1. The number of amides is 3. The average molecular weight is 711 g/mol. The molecule has 1 spiro atoms. The van der Waals surface area contributed by atoms with E-state index in [1.807, 2.05) is 27.7 Å². The second kappa shape index (κ2) is 14.9. The highest BCUT2D eigenvalue weighted by molar-refractivity contribution is 9.09. The first-order valence-corrected chi connectivity index (χ1v) is 17.6. The first-order chi connectivity index (χ1) is 21.4. The Labute approximate surface area is 283 Å². The fourth-order valence-corrected chi connectivity index (χ4v) is 8.93. The van der Waals surface area contributed by atoms with E-state index in [4.69, 9.17) is 9.47 Å². The zero-order chi connectivity index (χ0) is 34.8. The number of nitrogens with one attached hydrogen (secondary N) is 1. The molecule has 0 aliphatic carbocycles. The van der Waals surface area contributed by atoms with Crippen LogP contribution < -0.4 is 5.32 Å². The minimum atomic E-state index is -1.29. The van der Waals surface area contributed by atoms with E-state index in [1.165, 1.54) is 4.90 Å². The summed E-state index contributed by atoms with van der Waals surface area (Å²) in [5, 5.41) is 13.4. The highest BCUT2D eigenvalue weighted by atomic mass is 79.9. The number of allylic oxidation sites excluding steroid dienone is 1. The second-order valence-electron chi connectivity index (χ2n) is 15.2. The summed E-state index contributed by atoms with van der Waals surface area (Å²) in [6, 6.07) is -1.71. The van der Waals surface area contributed by atoms with Crippen LogP contribution in [-0.4, -0.2) is 98.6 Å². The summed E-state index contributed by atoms with van der Waals surface area (Å²) in [7, 11) is 0. The largest absolute Gasteiger partial charge is 0.460 e. The van der Waals surface area contributed by atoms with Crippen LogP contribution in [0.5, 0.6) is 0 Å². The number of hydrogen-bond donors (Lipinski definition) is 2. The molecule has 260 valence electrons. The molecule has 3 amide bonds. The molecule has 46 heavy (non-hydrogen) atoms. The van der Waals surface area contributed by atoms with Crippen molar-refractivity contribution in [3.63, 3.8) is 0 Å². The van der Waals surface area contributed by atoms with E-state index in [0.29, 0.717) is 25.7 Å². The zero-order valence-electron chi connectivity index (χ0n) is 29.0. The Bertz CT molecular complexity index is 1170. The summed E-state index contributed by atoms with van der Waals surface area (Å²) in [6.07, 6.45) is 4.55. The van der Waals surface area contributed by atoms with E-state index >= 15 is 4.79 Å². The molecule has 9 atom stereocenters. The predicted molar refractivity (Wildman–Crippen MR) is 181 cm³/mol. The Morgan fingerprint density at radius 3 is 2.41 bits per heavy atom. The van der Waals surface area contributed by atoms with Crippen molar-refractivity contribution in [2.45, 2.75) is 128 Å². The maximum absolute atomic E-state index is 15.0. The van der Waals surface area contributed by atoms with Gasteiger partial charge in [-0.2, -0.15) is 0 Å². The molecule has 3 saturated heterocycles. The van der Waals surface area contributed by atoms with Gasteiger partial charge in [0.05, 0.1) is 37.1 Å². The highest BCUT2D eigenvalue weighted by Crippen LogP contribution is 2.61. The van der Waals surface area contributed by atoms with Crippen molar-refractivity contribution < 1.29 is 33.8 Å². The Morgan fingerprint density at radius 1 is 1.22 bits per heavy atom. The number of rotatable bonds is 16. The van der Waals surface area contributed by atoms with E-state index in [0.717, 1.165) is 0 Å². The van der Waals surface area contributed by atoms with Crippen molar-refractivity contribution in [3.8, 4) is 0 Å². The molecule has 3 heterocycles. The lowest BCUT2D eigenvalue weighted by molar-refractivity contribution is -0.161. The Kier molecular flexibility index (Phi) is 12.4. The van der Waals surface area contributed by atoms with Gasteiger partial charge in [0.25, 0.3) is 0 Å². The molecular weight excluding hydrogens is 654 g/mol. The first-order valence-electron chi connectivity index (χ1n) is 16.7. The maximum Gasteiger partial charge on any atom is 0.312 e. The lowest BCUT2D eigenvalue weighted by Gasteiger charge is -2.47. The highest BCUT2D eigenvalue weighted by Gasteiger charge is 2.78. The van der Waals surface area contributed by atoms with Crippen molar-refractivity contribution in [1.29, 1.82) is 0 Å². The summed E-state index contributed by atoms with van der Waals surface area (Å²) in [5.74, 6) is -3.48. The third kappa shape index (κ3) is 7.57. The molecule has 0 aromatic rings. The molecule has 3 aliphatic rings. The lowest BCUT2D eigenvalue weighted by atomic mass is 9.70. The number of esters is 1. The number of nitrogens with zero attached hydrogens (tertiary/aromatic N) is 2. The van der Waals surface area contributed by atoms with Gasteiger partial charge in [-0.15, -0.1) is 13.2 Å². The van der Waals surface area contributed by atoms with Crippen molar-refractivity contribution >= 4 is 39.6 Å². The molecule has 0 aromatic carbocycles. The van der Waals surface area contributed by atoms with Crippen LogP contribution in [0, 0.1) is 23.2 Å². The number of aliphatic hydroxyl groups excluding tert-OH is 1. The number of hydrogen-bond acceptors (Lipinski definition) is 7. The smallest absolute Gasteiger partial charge is 0.312 e. The number of aliphatic hydroxyl groups is 1. The summed E-state index contributed by atoms with van der Waals surface area (Å²) >= 11 is 3.72. The molecule has 1 unspecified atom stereocenters. The van der Waals surface area contributed by atoms with Crippen LogP contribution in [0.3, 0.4) is 0 Å². The van der Waals surface area contributed by atoms with Gasteiger partial charge in [0.15, 0.2) is 0 Å². The van der Waals surface area contributed by atoms with Gasteiger partial charge in [0.2, 0.25) is 17.7 Å². The van der Waals surface area contributed by atoms with Crippen molar-refractivity contribution in [1.82, 2.24) is 15.1 Å². The molecule has 3 rings (SSSR count). The topological polar surface area (TPSA) is 125 Å². The van der Waals surface area contributed by atoms with Crippen molar-refractivity contribution in [2.75, 3.05) is 19.7 Å². The zero-order valence-corrected chi connectivity index (χ0v) is 30.6. The van der Waals surface area contributed by atoms with Gasteiger partial charge < -0.3 is 29.7 Å². The fraction of sp³-hybridized carbons (Fsp3) is 0.771. The SMILES string of the molecule is C=CCCC(=O)NC[C@H](C)OC(=O)[C@@H]1[C@H]2O[C@@]3(CC2Br)[C@H](C(=O)N(CC=C)C(C)(C)CC(C)(C)C)N([C@@H](CO)[C@@H](C)CC)C(=O)[C@@H]13. The number of ether oxygens (including phenoxy) is 2. The lowest BCUT2D eigenvalue weighted by Crippen LogP contribution is -2.63. The van der Waals surface area contributed by atoms with Crippen molar-refractivity contribution in [3.05, 3.63) is 25.3 Å². The predicted octanol–water partition coefficient (Wildman–Crippen LogP) is 4.38. The van der Waals surface area contributed by atoms with Crippen LogP contribution in [0.4, 0.5) is 0 Å². The fourth-order valence-electron chi connectivity index (χ4n) is 7.99. The normalized spacial score (nSPS) is 29.1. The van der Waals surface area contributed by atoms with E-state index in [9.17, 15) is 19.5 Å². The van der Waals surface area contributed by atoms with E-state index in [2.05, 4.69) is 55.2 Å². The molecule has 11 heteroatoms. The van der Waals surface area contributed by atoms with Crippen molar-refractivity contribution in [2.24, 2.45) is 23.2 Å². The van der Waals surface area contributed by atoms with Gasteiger partial charge in [-0.1, -0.05) is 69.1 Å². The maximum atomic E-state index is 15.0.